The number of pyridine rings is 1. The van der Waals surface area contributed by atoms with Crippen LogP contribution >= 0.6 is 11.8 Å². The van der Waals surface area contributed by atoms with Crippen LogP contribution in [0.2, 0.25) is 0 Å². The van der Waals surface area contributed by atoms with Crippen LogP contribution in [0.25, 0.3) is 22.4 Å². The Morgan fingerprint density at radius 3 is 2.62 bits per heavy atom. The second-order valence-electron chi connectivity index (χ2n) is 7.22. The van der Waals surface area contributed by atoms with Crippen molar-refractivity contribution in [2.24, 2.45) is 0 Å². The van der Waals surface area contributed by atoms with Gasteiger partial charge < -0.3 is 20.1 Å². The summed E-state index contributed by atoms with van der Waals surface area (Å²) in [4.78, 5) is 48.8. The van der Waals surface area contributed by atoms with E-state index in [-0.39, 0.29) is 5.75 Å². The number of nitrogens with one attached hydrogen (secondary N) is 2. The number of hydrogen-bond donors (Lipinski definition) is 3. The second-order valence-corrected chi connectivity index (χ2v) is 8.28. The van der Waals surface area contributed by atoms with Gasteiger partial charge >= 0.3 is 11.9 Å². The number of nitrogens with zero attached hydrogens (tertiary/aromatic N) is 2. The summed E-state index contributed by atoms with van der Waals surface area (Å²) < 4.78 is 4.77. The number of aliphatic carboxylic acids is 1. The summed E-state index contributed by atoms with van der Waals surface area (Å²) in [6.07, 6.45) is 3.32. The number of methoxy groups -OCH3 is 1. The normalized spacial score (nSPS) is 11.7. The maximum Gasteiger partial charge on any atom is 0.338 e. The lowest BCUT2D eigenvalue weighted by molar-refractivity contribution is -0.138. The minimum Gasteiger partial charge on any atom is -0.480 e. The third kappa shape index (κ3) is 5.07. The quantitative estimate of drug-likeness (QED) is 0.260. The Kier molecular flexibility index (Phi) is 6.88. The minimum absolute atomic E-state index is 0.0214. The van der Waals surface area contributed by atoms with Crippen LogP contribution in [0.4, 0.5) is 0 Å². The zero-order valence-electron chi connectivity index (χ0n) is 18.0. The first-order chi connectivity index (χ1) is 16.5. The number of thioether (sulfide) groups is 1. The van der Waals surface area contributed by atoms with Gasteiger partial charge in [0.2, 0.25) is 0 Å². The van der Waals surface area contributed by atoms with E-state index in [0.717, 1.165) is 17.3 Å². The van der Waals surface area contributed by atoms with Crippen LogP contribution in [0.3, 0.4) is 0 Å². The summed E-state index contributed by atoms with van der Waals surface area (Å²) in [6.45, 7) is 0. The number of imidazole rings is 1. The SMILES string of the molecule is COC(=O)c1ccccc1SCC(NC(=O)c1ccc2nc(-c3ccncc3)[nH]c2c1)C(=O)O. The smallest absolute Gasteiger partial charge is 0.338 e. The van der Waals surface area contributed by atoms with Crippen LogP contribution in [0.15, 0.2) is 71.9 Å². The Morgan fingerprint density at radius 2 is 1.88 bits per heavy atom. The summed E-state index contributed by atoms with van der Waals surface area (Å²) in [5, 5.41) is 12.2. The first-order valence-electron chi connectivity index (χ1n) is 10.2. The number of amides is 1. The molecule has 0 aliphatic carbocycles. The summed E-state index contributed by atoms with van der Waals surface area (Å²) in [5.74, 6) is -1.57. The third-order valence-electron chi connectivity index (χ3n) is 5.00. The highest BCUT2D eigenvalue weighted by molar-refractivity contribution is 7.99. The van der Waals surface area contributed by atoms with Crippen molar-refractivity contribution in [2.75, 3.05) is 12.9 Å². The summed E-state index contributed by atoms with van der Waals surface area (Å²) in [7, 11) is 1.28. The third-order valence-corrected chi connectivity index (χ3v) is 6.17. The molecule has 1 amide bonds. The highest BCUT2D eigenvalue weighted by atomic mass is 32.2. The van der Waals surface area contributed by atoms with Crippen molar-refractivity contribution in [1.82, 2.24) is 20.3 Å². The number of carboxylic acids is 1. The molecule has 0 saturated carbocycles. The Bertz CT molecular complexity index is 1360. The number of carboxylic acid groups (broad SMARTS) is 1. The van der Waals surface area contributed by atoms with E-state index in [1.807, 2.05) is 12.1 Å². The van der Waals surface area contributed by atoms with Crippen molar-refractivity contribution in [1.29, 1.82) is 0 Å². The Balaban J connectivity index is 1.49. The van der Waals surface area contributed by atoms with E-state index in [2.05, 4.69) is 20.3 Å². The summed E-state index contributed by atoms with van der Waals surface area (Å²) in [6, 6.07) is 14.1. The van der Waals surface area contributed by atoms with E-state index in [1.54, 1.807) is 54.9 Å². The molecule has 172 valence electrons. The highest BCUT2D eigenvalue weighted by Crippen LogP contribution is 2.25. The van der Waals surface area contributed by atoms with Gasteiger partial charge in [-0.15, -0.1) is 11.8 Å². The van der Waals surface area contributed by atoms with Gasteiger partial charge in [0.15, 0.2) is 0 Å². The first-order valence-corrected chi connectivity index (χ1v) is 11.2. The van der Waals surface area contributed by atoms with Gasteiger partial charge in [-0.05, 0) is 42.5 Å². The fourth-order valence-electron chi connectivity index (χ4n) is 3.26. The predicted molar refractivity (Wildman–Crippen MR) is 127 cm³/mol. The van der Waals surface area contributed by atoms with Gasteiger partial charge in [-0.25, -0.2) is 14.6 Å². The molecule has 9 nitrogen and oxygen atoms in total. The van der Waals surface area contributed by atoms with Crippen LogP contribution in [-0.2, 0) is 9.53 Å². The Labute approximate surface area is 198 Å². The number of hydrogen-bond acceptors (Lipinski definition) is 7. The molecule has 0 fully saturated rings. The van der Waals surface area contributed by atoms with Crippen molar-refractivity contribution in [2.45, 2.75) is 10.9 Å². The summed E-state index contributed by atoms with van der Waals surface area (Å²) in [5.41, 5.74) is 2.80. The number of rotatable bonds is 8. The van der Waals surface area contributed by atoms with E-state index in [9.17, 15) is 19.5 Å². The van der Waals surface area contributed by atoms with Gasteiger partial charge in [0, 0.05) is 34.2 Å². The number of esters is 1. The average Bonchev–Trinajstić information content (AvgIpc) is 3.30. The minimum atomic E-state index is -1.18. The van der Waals surface area contributed by atoms with E-state index < -0.39 is 23.9 Å². The molecule has 1 atom stereocenters. The van der Waals surface area contributed by atoms with Crippen LogP contribution in [0.1, 0.15) is 20.7 Å². The molecule has 2 heterocycles. The van der Waals surface area contributed by atoms with Crippen molar-refractivity contribution < 1.29 is 24.2 Å². The maximum atomic E-state index is 12.8. The van der Waals surface area contributed by atoms with Gasteiger partial charge in [0.1, 0.15) is 11.9 Å². The van der Waals surface area contributed by atoms with Crippen LogP contribution in [-0.4, -0.2) is 56.8 Å². The maximum absolute atomic E-state index is 12.8. The molecule has 0 bridgehead atoms. The van der Waals surface area contributed by atoms with E-state index in [0.29, 0.717) is 32.9 Å². The molecule has 0 spiro atoms. The van der Waals surface area contributed by atoms with Gasteiger partial charge in [-0.2, -0.15) is 0 Å². The van der Waals surface area contributed by atoms with Crippen LogP contribution < -0.4 is 5.32 Å². The molecule has 3 N–H and O–H groups in total. The standard InChI is InChI=1S/C24H20N4O5S/c1-33-24(32)16-4-2-3-5-20(16)34-13-19(23(30)31)28-22(29)15-6-7-17-18(12-15)27-21(26-17)14-8-10-25-11-9-14/h2-12,19H,13H2,1H3,(H,26,27)(H,28,29)(H,30,31). The lowest BCUT2D eigenvalue weighted by Gasteiger charge is -2.15. The van der Waals surface area contributed by atoms with E-state index in [4.69, 9.17) is 4.74 Å². The topological polar surface area (TPSA) is 134 Å². The molecular weight excluding hydrogens is 456 g/mol. The molecule has 34 heavy (non-hydrogen) atoms. The van der Waals surface area contributed by atoms with Crippen molar-refractivity contribution in [3.63, 3.8) is 0 Å². The number of carbonyl (C=O) groups is 3. The largest absolute Gasteiger partial charge is 0.480 e. The Hall–Kier alpha value is -4.18. The molecule has 4 rings (SSSR count). The zero-order valence-corrected chi connectivity index (χ0v) is 18.8. The van der Waals surface area contributed by atoms with Crippen molar-refractivity contribution in [3.8, 4) is 11.4 Å². The average molecular weight is 477 g/mol. The predicted octanol–water partition coefficient (Wildman–Crippen LogP) is 3.39. The number of aromatic amines is 1. The molecule has 2 aromatic carbocycles. The lowest BCUT2D eigenvalue weighted by Crippen LogP contribution is -2.42. The molecular formula is C24H20N4O5S. The van der Waals surface area contributed by atoms with Crippen molar-refractivity contribution >= 4 is 40.6 Å². The second kappa shape index (κ2) is 10.2. The molecule has 4 aromatic rings. The molecule has 2 aromatic heterocycles. The number of benzene rings is 2. The Morgan fingerprint density at radius 1 is 1.12 bits per heavy atom. The molecule has 0 aliphatic heterocycles. The van der Waals surface area contributed by atoms with Crippen LogP contribution in [0, 0.1) is 0 Å². The zero-order chi connectivity index (χ0) is 24.1. The molecule has 0 aliphatic rings. The number of H-pyrrole nitrogens is 1. The van der Waals surface area contributed by atoms with Crippen molar-refractivity contribution in [3.05, 3.63) is 78.1 Å². The number of ether oxygens (including phenoxy) is 1. The molecule has 0 saturated heterocycles. The highest BCUT2D eigenvalue weighted by Gasteiger charge is 2.23. The number of carbonyl (C=O) groups excluding carboxylic acids is 2. The van der Waals surface area contributed by atoms with Gasteiger partial charge in [0.05, 0.1) is 23.7 Å². The fraction of sp³-hybridized carbons (Fsp3) is 0.125. The lowest BCUT2D eigenvalue weighted by atomic mass is 10.1. The van der Waals surface area contributed by atoms with E-state index >= 15 is 0 Å². The van der Waals surface area contributed by atoms with E-state index in [1.165, 1.54) is 7.11 Å². The summed E-state index contributed by atoms with van der Waals surface area (Å²) >= 11 is 1.15. The number of aromatic nitrogens is 3. The molecule has 0 radical (unpaired) electrons. The first kappa shape index (κ1) is 23.0. The molecule has 1 unspecified atom stereocenters. The molecule has 10 heteroatoms. The number of fused-ring (bicyclic) bond motifs is 1. The van der Waals surface area contributed by atoms with Gasteiger partial charge in [-0.1, -0.05) is 12.1 Å². The van der Waals surface area contributed by atoms with Crippen LogP contribution in [0.5, 0.6) is 0 Å². The monoisotopic (exact) mass is 476 g/mol. The van der Waals surface area contributed by atoms with Gasteiger partial charge in [-0.3, -0.25) is 9.78 Å². The fourth-order valence-corrected chi connectivity index (χ4v) is 4.31. The van der Waals surface area contributed by atoms with Gasteiger partial charge in [0.25, 0.3) is 5.91 Å².